The fourth-order valence-corrected chi connectivity index (χ4v) is 2.54. The summed E-state index contributed by atoms with van der Waals surface area (Å²) >= 11 is 0. The number of aliphatic hydroxyl groups is 1. The molecule has 1 aliphatic carbocycles. The number of nitrogens with two attached hydrogens (primary N) is 1. The first-order valence-corrected chi connectivity index (χ1v) is 7.38. The van der Waals surface area contributed by atoms with Crippen LogP contribution in [0.25, 0.3) is 0 Å². The first-order valence-electron chi connectivity index (χ1n) is 11.2. The van der Waals surface area contributed by atoms with Gasteiger partial charge >= 0.3 is 0 Å². The molecule has 1 aromatic heterocycles. The van der Waals surface area contributed by atoms with Crippen molar-refractivity contribution in [1.29, 1.82) is 0 Å². The van der Waals surface area contributed by atoms with E-state index in [0.29, 0.717) is 12.8 Å². The van der Waals surface area contributed by atoms with Gasteiger partial charge in [-0.3, -0.25) is 4.79 Å². The highest BCUT2D eigenvalue weighted by atomic mass is 16.3. The van der Waals surface area contributed by atoms with Crippen LogP contribution in [0.2, 0.25) is 0 Å². The number of carbonyl (C=O) groups is 1. The van der Waals surface area contributed by atoms with Crippen LogP contribution in [0, 0.1) is 5.92 Å². The van der Waals surface area contributed by atoms with Crippen LogP contribution in [0.1, 0.15) is 66.7 Å². The van der Waals surface area contributed by atoms with Crippen LogP contribution >= 0.6 is 0 Å². The molecule has 1 aromatic rings. The fraction of sp³-hybridized carbons (Fsp3) is 0.688. The van der Waals surface area contributed by atoms with Gasteiger partial charge in [0.15, 0.2) is 0 Å². The zero-order valence-corrected chi connectivity index (χ0v) is 12.9. The molecule has 7 heteroatoms. The molecular formula is C16H27N5O2. The topological polar surface area (TPSA) is 113 Å². The van der Waals surface area contributed by atoms with E-state index in [0.717, 1.165) is 12.6 Å². The van der Waals surface area contributed by atoms with Crippen LogP contribution in [-0.4, -0.2) is 38.7 Å². The van der Waals surface area contributed by atoms with Crippen molar-refractivity contribution in [2.45, 2.75) is 64.5 Å². The Morgan fingerprint density at radius 1 is 1.52 bits per heavy atom. The van der Waals surface area contributed by atoms with Crippen molar-refractivity contribution in [1.82, 2.24) is 9.97 Å². The molecule has 1 amide bonds. The molecule has 1 saturated carbocycles. The maximum atomic E-state index is 11.8. The lowest BCUT2D eigenvalue weighted by molar-refractivity contribution is 0.0739. The van der Waals surface area contributed by atoms with Crippen LogP contribution in [0.3, 0.4) is 0 Å². The highest BCUT2D eigenvalue weighted by Crippen LogP contribution is 2.27. The number of hydrogen-bond donors (Lipinski definition) is 4. The van der Waals surface area contributed by atoms with Gasteiger partial charge in [0.1, 0.15) is 5.82 Å². The summed E-state index contributed by atoms with van der Waals surface area (Å²) in [7, 11) is 0. The first-order chi connectivity index (χ1) is 13.8. The standard InChI is InChI=1S/C16H27N5O2/c1-9-5-6-10(7-12(9)22)19-14-11(13(17)23)8-18-15(20-14)21-16(2,3)4/h8-10,12,22H,5-7H2,1-4H3,(H2,17,23)(H2,18,19,20,21)/i2D2,3D2,4D3. The number of rotatable bonds is 4. The van der Waals surface area contributed by atoms with Crippen molar-refractivity contribution in [3.63, 3.8) is 0 Å². The van der Waals surface area contributed by atoms with E-state index in [4.69, 9.17) is 15.3 Å². The average Bonchev–Trinajstić information content (AvgIpc) is 2.61. The Morgan fingerprint density at radius 2 is 2.30 bits per heavy atom. The molecule has 1 heterocycles. The molecule has 0 aliphatic heterocycles. The van der Waals surface area contributed by atoms with Crippen molar-refractivity contribution in [2.24, 2.45) is 11.7 Å². The summed E-state index contributed by atoms with van der Waals surface area (Å²) < 4.78 is 53.7. The maximum absolute atomic E-state index is 11.8. The minimum absolute atomic E-state index is 0.00390. The Bertz CT molecular complexity index is 754. The smallest absolute Gasteiger partial charge is 0.254 e. The van der Waals surface area contributed by atoms with E-state index in [1.165, 1.54) is 0 Å². The largest absolute Gasteiger partial charge is 0.393 e. The van der Waals surface area contributed by atoms with Gasteiger partial charge in [0.05, 0.1) is 11.7 Å². The van der Waals surface area contributed by atoms with E-state index in [-0.39, 0.29) is 29.3 Å². The molecule has 128 valence electrons. The van der Waals surface area contributed by atoms with Crippen molar-refractivity contribution < 1.29 is 19.5 Å². The van der Waals surface area contributed by atoms with Crippen molar-refractivity contribution >= 4 is 17.7 Å². The van der Waals surface area contributed by atoms with E-state index in [1.54, 1.807) is 0 Å². The Balaban J connectivity index is 2.40. The van der Waals surface area contributed by atoms with Crippen LogP contribution in [-0.2, 0) is 0 Å². The minimum atomic E-state index is -3.06. The summed E-state index contributed by atoms with van der Waals surface area (Å²) in [6.45, 7) is -5.35. The second-order valence-electron chi connectivity index (χ2n) is 6.01. The summed E-state index contributed by atoms with van der Waals surface area (Å²) in [5.74, 6) is -1.05. The van der Waals surface area contributed by atoms with Gasteiger partial charge in [-0.15, -0.1) is 0 Å². The molecule has 1 fully saturated rings. The molecule has 0 spiro atoms. The molecule has 5 N–H and O–H groups in total. The monoisotopic (exact) mass is 328 g/mol. The van der Waals surface area contributed by atoms with Crippen molar-refractivity contribution in [3.8, 4) is 0 Å². The van der Waals surface area contributed by atoms with Crippen LogP contribution < -0.4 is 16.4 Å². The number of aromatic nitrogens is 2. The van der Waals surface area contributed by atoms with Gasteiger partial charge in [-0.05, 0) is 45.8 Å². The number of carbonyl (C=O) groups excluding carboxylic acids is 1. The lowest BCUT2D eigenvalue weighted by Gasteiger charge is -2.32. The third-order valence-electron chi connectivity index (χ3n) is 3.87. The van der Waals surface area contributed by atoms with E-state index in [9.17, 15) is 9.90 Å². The quantitative estimate of drug-likeness (QED) is 0.669. The van der Waals surface area contributed by atoms with Gasteiger partial charge in [-0.25, -0.2) is 4.98 Å². The summed E-state index contributed by atoms with van der Waals surface area (Å²) in [6.07, 6.45) is 2.40. The number of nitrogens with zero attached hydrogens (tertiary/aromatic N) is 2. The zero-order valence-electron chi connectivity index (χ0n) is 19.9. The molecule has 7 nitrogen and oxygen atoms in total. The summed E-state index contributed by atoms with van der Waals surface area (Å²) in [6, 6.07) is -0.218. The second-order valence-corrected chi connectivity index (χ2v) is 6.01. The van der Waals surface area contributed by atoms with Gasteiger partial charge < -0.3 is 21.5 Å². The van der Waals surface area contributed by atoms with Gasteiger partial charge in [-0.1, -0.05) is 6.92 Å². The SMILES string of the molecule is [2H]C([2H])C(Nc1ncc(C(N)=O)c(NC2CCC(C)C(O)C2)n1)(C([2H])[2H])C([2H])([2H])[2H]. The molecule has 3 unspecified atom stereocenters. The van der Waals surface area contributed by atoms with Crippen molar-refractivity contribution in [3.05, 3.63) is 11.8 Å². The average molecular weight is 328 g/mol. The second kappa shape index (κ2) is 6.70. The number of primary amides is 1. The molecule has 0 saturated heterocycles. The normalized spacial score (nSPS) is 30.3. The van der Waals surface area contributed by atoms with Gasteiger partial charge in [0.25, 0.3) is 5.91 Å². The van der Waals surface area contributed by atoms with Gasteiger partial charge in [0, 0.05) is 27.4 Å². The lowest BCUT2D eigenvalue weighted by Crippen LogP contribution is -2.36. The Kier molecular flexibility index (Phi) is 2.93. The van der Waals surface area contributed by atoms with E-state index in [1.807, 2.05) is 6.92 Å². The molecule has 0 radical (unpaired) electrons. The molecule has 2 rings (SSSR count). The zero-order chi connectivity index (χ0) is 22.9. The number of anilines is 2. The van der Waals surface area contributed by atoms with E-state index >= 15 is 0 Å². The molecular weight excluding hydrogens is 294 g/mol. The number of nitrogens with one attached hydrogen (secondary N) is 2. The predicted octanol–water partition coefficient (Wildman–Crippen LogP) is 1.75. The Hall–Kier alpha value is -1.89. The third kappa shape index (κ3) is 4.79. The summed E-state index contributed by atoms with van der Waals surface area (Å²) in [5.41, 5.74) is 2.72. The fourth-order valence-electron chi connectivity index (χ4n) is 2.54. The minimum Gasteiger partial charge on any atom is -0.393 e. The first kappa shape index (κ1) is 10.1. The third-order valence-corrected chi connectivity index (χ3v) is 3.87. The van der Waals surface area contributed by atoms with Crippen LogP contribution in [0.15, 0.2) is 6.20 Å². The highest BCUT2D eigenvalue weighted by Gasteiger charge is 2.27. The molecule has 1 aliphatic rings. The lowest BCUT2D eigenvalue weighted by atomic mass is 9.85. The van der Waals surface area contributed by atoms with Gasteiger partial charge in [-0.2, -0.15) is 4.98 Å². The maximum Gasteiger partial charge on any atom is 0.254 e. The Labute approximate surface area is 146 Å². The van der Waals surface area contributed by atoms with E-state index < -0.39 is 38.2 Å². The summed E-state index contributed by atoms with van der Waals surface area (Å²) in [4.78, 5) is 19.7. The molecule has 23 heavy (non-hydrogen) atoms. The van der Waals surface area contributed by atoms with Crippen LogP contribution in [0.4, 0.5) is 11.8 Å². The summed E-state index contributed by atoms with van der Waals surface area (Å²) in [5, 5.41) is 15.4. The highest BCUT2D eigenvalue weighted by molar-refractivity contribution is 5.97. The Morgan fingerprint density at radius 3 is 2.91 bits per heavy atom. The van der Waals surface area contributed by atoms with Crippen LogP contribution in [0.5, 0.6) is 0 Å². The van der Waals surface area contributed by atoms with Gasteiger partial charge in [0.2, 0.25) is 5.95 Å². The molecule has 0 aromatic carbocycles. The molecule has 3 atom stereocenters. The molecule has 0 bridgehead atoms. The van der Waals surface area contributed by atoms with Crippen molar-refractivity contribution in [2.75, 3.05) is 10.6 Å². The number of amides is 1. The predicted molar refractivity (Wildman–Crippen MR) is 90.4 cm³/mol. The number of aliphatic hydroxyl groups excluding tert-OH is 1. The van der Waals surface area contributed by atoms with E-state index in [2.05, 4.69) is 20.6 Å². The number of hydrogen-bond acceptors (Lipinski definition) is 6.